The molecule has 134 valence electrons. The smallest absolute Gasteiger partial charge is 0.251 e. The number of carbonyl (C=O) groups excluding carboxylic acids is 1. The molecule has 1 aliphatic heterocycles. The van der Waals surface area contributed by atoms with E-state index in [0.29, 0.717) is 18.7 Å². The Balaban J connectivity index is 1.69. The van der Waals surface area contributed by atoms with Crippen LogP contribution in [0.15, 0.2) is 46.7 Å². The number of piperidine rings is 1. The summed E-state index contributed by atoms with van der Waals surface area (Å²) in [6.45, 7) is 2.98. The molecule has 0 spiro atoms. The first-order valence-electron chi connectivity index (χ1n) is 8.41. The van der Waals surface area contributed by atoms with E-state index in [1.807, 2.05) is 24.4 Å². The van der Waals surface area contributed by atoms with Crippen LogP contribution in [0.1, 0.15) is 41.4 Å². The monoisotopic (exact) mass is 378 g/mol. The molecule has 1 aliphatic rings. The van der Waals surface area contributed by atoms with Crippen molar-refractivity contribution in [3.8, 4) is 0 Å². The Kier molecular flexibility index (Phi) is 5.56. The minimum atomic E-state index is -3.50. The quantitative estimate of drug-likeness (QED) is 0.868. The van der Waals surface area contributed by atoms with E-state index in [1.165, 1.54) is 12.1 Å². The molecule has 1 N–H and O–H groups in total. The highest BCUT2D eigenvalue weighted by molar-refractivity contribution is 7.89. The zero-order valence-corrected chi connectivity index (χ0v) is 15.8. The summed E-state index contributed by atoms with van der Waals surface area (Å²) in [7, 11) is -3.50. The van der Waals surface area contributed by atoms with Gasteiger partial charge in [0.1, 0.15) is 0 Å². The van der Waals surface area contributed by atoms with Crippen LogP contribution in [0.3, 0.4) is 0 Å². The molecule has 0 radical (unpaired) electrons. The molecule has 0 saturated carbocycles. The molecule has 0 bridgehead atoms. The Bertz CT molecular complexity index is 815. The van der Waals surface area contributed by atoms with Gasteiger partial charge in [0.05, 0.1) is 11.4 Å². The average molecular weight is 379 g/mol. The Hall–Kier alpha value is -1.70. The molecular formula is C18H22N2O3S2. The van der Waals surface area contributed by atoms with Crippen molar-refractivity contribution in [2.24, 2.45) is 0 Å². The summed E-state index contributed by atoms with van der Waals surface area (Å²) in [5, 5.41) is 4.80. The number of nitrogens with one attached hydrogen (secondary N) is 1. The van der Waals surface area contributed by atoms with Gasteiger partial charge in [-0.15, -0.1) is 11.3 Å². The number of nitrogens with zero attached hydrogens (tertiary/aromatic N) is 1. The lowest BCUT2D eigenvalue weighted by Crippen LogP contribution is -2.41. The molecule has 2 aromatic rings. The summed E-state index contributed by atoms with van der Waals surface area (Å²) in [5.41, 5.74) is 0.460. The molecule has 1 saturated heterocycles. The van der Waals surface area contributed by atoms with Crippen molar-refractivity contribution in [3.05, 3.63) is 52.2 Å². The number of hydrogen-bond donors (Lipinski definition) is 1. The van der Waals surface area contributed by atoms with Crippen LogP contribution in [0.2, 0.25) is 0 Å². The highest BCUT2D eigenvalue weighted by atomic mass is 32.2. The van der Waals surface area contributed by atoms with E-state index in [0.717, 1.165) is 24.1 Å². The number of amides is 1. The third-order valence-electron chi connectivity index (χ3n) is 4.47. The maximum absolute atomic E-state index is 12.8. The fourth-order valence-corrected chi connectivity index (χ4v) is 5.37. The third kappa shape index (κ3) is 4.11. The Morgan fingerprint density at radius 3 is 2.64 bits per heavy atom. The zero-order valence-electron chi connectivity index (χ0n) is 14.1. The predicted molar refractivity (Wildman–Crippen MR) is 99.1 cm³/mol. The molecule has 1 aromatic carbocycles. The Labute approximate surface area is 152 Å². The summed E-state index contributed by atoms with van der Waals surface area (Å²) in [4.78, 5) is 13.5. The number of rotatable bonds is 5. The maximum Gasteiger partial charge on any atom is 0.251 e. The van der Waals surface area contributed by atoms with Crippen molar-refractivity contribution >= 4 is 27.3 Å². The molecule has 1 aromatic heterocycles. The summed E-state index contributed by atoms with van der Waals surface area (Å²) in [6.07, 6.45) is 2.85. The molecule has 0 aliphatic carbocycles. The van der Waals surface area contributed by atoms with Crippen molar-refractivity contribution in [2.45, 2.75) is 43.7 Å². The van der Waals surface area contributed by atoms with Crippen LogP contribution < -0.4 is 5.32 Å². The van der Waals surface area contributed by atoms with Gasteiger partial charge < -0.3 is 5.32 Å². The van der Waals surface area contributed by atoms with Gasteiger partial charge in [0, 0.05) is 23.0 Å². The highest BCUT2D eigenvalue weighted by Gasteiger charge is 2.30. The van der Waals surface area contributed by atoms with Crippen molar-refractivity contribution in [2.75, 3.05) is 6.54 Å². The first kappa shape index (κ1) is 18.1. The summed E-state index contributed by atoms with van der Waals surface area (Å²) in [6, 6.07) is 10.1. The summed E-state index contributed by atoms with van der Waals surface area (Å²) < 4.78 is 27.1. The van der Waals surface area contributed by atoms with Crippen molar-refractivity contribution < 1.29 is 13.2 Å². The van der Waals surface area contributed by atoms with E-state index in [2.05, 4.69) is 5.32 Å². The number of sulfonamides is 1. The van der Waals surface area contributed by atoms with Crippen LogP contribution in [0.4, 0.5) is 0 Å². The van der Waals surface area contributed by atoms with Crippen molar-refractivity contribution in [3.63, 3.8) is 0 Å². The molecule has 7 heteroatoms. The summed E-state index contributed by atoms with van der Waals surface area (Å²) in [5.74, 6) is -0.205. The lowest BCUT2D eigenvalue weighted by atomic mass is 10.1. The molecular weight excluding hydrogens is 356 g/mol. The average Bonchev–Trinajstić information content (AvgIpc) is 3.13. The van der Waals surface area contributed by atoms with Crippen LogP contribution in [0, 0.1) is 0 Å². The molecule has 3 rings (SSSR count). The number of thiophene rings is 1. The van der Waals surface area contributed by atoms with E-state index in [1.54, 1.807) is 27.8 Å². The fraction of sp³-hybridized carbons (Fsp3) is 0.389. The zero-order chi connectivity index (χ0) is 17.9. The minimum Gasteiger partial charge on any atom is -0.347 e. The van der Waals surface area contributed by atoms with E-state index in [9.17, 15) is 13.2 Å². The van der Waals surface area contributed by atoms with Gasteiger partial charge in [0.2, 0.25) is 10.0 Å². The standard InChI is InChI=1S/C18H22N2O3S2/c1-14-5-2-3-11-20(14)25(22,23)17-9-7-15(8-10-17)18(21)19-13-16-6-4-12-24-16/h4,6-10,12,14H,2-3,5,11,13H2,1H3,(H,19,21). The van der Waals surface area contributed by atoms with Gasteiger partial charge in [0.25, 0.3) is 5.91 Å². The number of carbonyl (C=O) groups is 1. The molecule has 25 heavy (non-hydrogen) atoms. The van der Waals surface area contributed by atoms with E-state index >= 15 is 0 Å². The molecule has 1 fully saturated rings. The van der Waals surface area contributed by atoms with Gasteiger partial charge in [0.15, 0.2) is 0 Å². The lowest BCUT2D eigenvalue weighted by molar-refractivity contribution is 0.0951. The van der Waals surface area contributed by atoms with Gasteiger partial charge in [-0.1, -0.05) is 12.5 Å². The second kappa shape index (κ2) is 7.68. The van der Waals surface area contributed by atoms with Crippen LogP contribution in [-0.4, -0.2) is 31.2 Å². The van der Waals surface area contributed by atoms with E-state index in [-0.39, 0.29) is 16.8 Å². The van der Waals surface area contributed by atoms with Crippen LogP contribution in [0.25, 0.3) is 0 Å². The van der Waals surface area contributed by atoms with Gasteiger partial charge in [-0.25, -0.2) is 8.42 Å². The van der Waals surface area contributed by atoms with Gasteiger partial charge in [-0.2, -0.15) is 4.31 Å². The molecule has 2 heterocycles. The normalized spacial score (nSPS) is 18.8. The second-order valence-corrected chi connectivity index (χ2v) is 9.17. The summed E-state index contributed by atoms with van der Waals surface area (Å²) >= 11 is 1.58. The van der Waals surface area contributed by atoms with Gasteiger partial charge in [-0.05, 0) is 55.5 Å². The Morgan fingerprint density at radius 2 is 2.00 bits per heavy atom. The molecule has 1 unspecified atom stereocenters. The van der Waals surface area contributed by atoms with Crippen molar-refractivity contribution in [1.29, 1.82) is 0 Å². The molecule has 1 atom stereocenters. The molecule has 1 amide bonds. The van der Waals surface area contributed by atoms with Gasteiger partial charge in [-0.3, -0.25) is 4.79 Å². The van der Waals surface area contributed by atoms with E-state index < -0.39 is 10.0 Å². The number of benzene rings is 1. The van der Waals surface area contributed by atoms with Crippen LogP contribution in [0.5, 0.6) is 0 Å². The SMILES string of the molecule is CC1CCCCN1S(=O)(=O)c1ccc(C(=O)NCc2cccs2)cc1. The fourth-order valence-electron chi connectivity index (χ4n) is 3.03. The van der Waals surface area contributed by atoms with Crippen LogP contribution in [-0.2, 0) is 16.6 Å². The second-order valence-electron chi connectivity index (χ2n) is 6.25. The highest BCUT2D eigenvalue weighted by Crippen LogP contribution is 2.25. The first-order valence-corrected chi connectivity index (χ1v) is 10.7. The largest absolute Gasteiger partial charge is 0.347 e. The lowest BCUT2D eigenvalue weighted by Gasteiger charge is -2.32. The predicted octanol–water partition coefficient (Wildman–Crippen LogP) is 3.24. The topological polar surface area (TPSA) is 66.5 Å². The maximum atomic E-state index is 12.8. The van der Waals surface area contributed by atoms with E-state index in [4.69, 9.17) is 0 Å². The van der Waals surface area contributed by atoms with Crippen molar-refractivity contribution in [1.82, 2.24) is 9.62 Å². The minimum absolute atomic E-state index is 0.0209. The van der Waals surface area contributed by atoms with Gasteiger partial charge >= 0.3 is 0 Å². The van der Waals surface area contributed by atoms with Crippen LogP contribution >= 0.6 is 11.3 Å². The Morgan fingerprint density at radius 1 is 1.24 bits per heavy atom. The first-order chi connectivity index (χ1) is 12.0. The molecule has 5 nitrogen and oxygen atoms in total. The number of hydrogen-bond acceptors (Lipinski definition) is 4. The third-order valence-corrected chi connectivity index (χ3v) is 7.37.